The Kier molecular flexibility index (Phi) is 2.29. The van der Waals surface area contributed by atoms with E-state index in [1.54, 1.807) is 0 Å². The van der Waals surface area contributed by atoms with E-state index < -0.39 is 5.41 Å². The largest absolute Gasteiger partial charge is 0.309 e. The summed E-state index contributed by atoms with van der Waals surface area (Å²) in [5.74, 6) is 0.00120. The molecule has 0 radical (unpaired) electrons. The van der Waals surface area contributed by atoms with Crippen LogP contribution in [0.15, 0.2) is 12.4 Å². The first-order valence-electron chi connectivity index (χ1n) is 4.36. The molecule has 1 fully saturated rings. The number of halogens is 1. The highest BCUT2D eigenvalue weighted by molar-refractivity contribution is 6.29. The zero-order chi connectivity index (χ0) is 10.9. The van der Waals surface area contributed by atoms with Crippen LogP contribution in [0, 0.1) is 16.7 Å². The van der Waals surface area contributed by atoms with Gasteiger partial charge in [-0.15, -0.1) is 0 Å². The Morgan fingerprint density at radius 2 is 2.33 bits per heavy atom. The lowest BCUT2D eigenvalue weighted by Crippen LogP contribution is -2.23. The Labute approximate surface area is 91.1 Å². The first-order chi connectivity index (χ1) is 7.16. The highest BCUT2D eigenvalue weighted by atomic mass is 35.5. The van der Waals surface area contributed by atoms with Crippen molar-refractivity contribution < 1.29 is 4.79 Å². The Hall–Kier alpha value is -1.67. The lowest BCUT2D eigenvalue weighted by atomic mass is 10.1. The van der Waals surface area contributed by atoms with Crippen molar-refractivity contribution in [2.24, 2.45) is 5.41 Å². The molecule has 5 nitrogen and oxygen atoms in total. The van der Waals surface area contributed by atoms with E-state index in [0.717, 1.165) is 0 Å². The summed E-state index contributed by atoms with van der Waals surface area (Å²) < 4.78 is 0. The molecule has 1 aromatic rings. The number of nitrogens with one attached hydrogen (secondary N) is 1. The van der Waals surface area contributed by atoms with Crippen LogP contribution < -0.4 is 5.32 Å². The SMILES string of the molecule is N#CC1(C(=O)Nc2cc(Cl)ncn2)CC1. The Morgan fingerprint density at radius 3 is 2.87 bits per heavy atom. The van der Waals surface area contributed by atoms with Gasteiger partial charge >= 0.3 is 0 Å². The highest BCUT2D eigenvalue weighted by Crippen LogP contribution is 2.45. The zero-order valence-electron chi connectivity index (χ0n) is 7.70. The number of hydrogen-bond acceptors (Lipinski definition) is 4. The first-order valence-corrected chi connectivity index (χ1v) is 4.74. The van der Waals surface area contributed by atoms with Gasteiger partial charge in [-0.05, 0) is 12.8 Å². The third-order valence-corrected chi connectivity index (χ3v) is 2.48. The molecule has 15 heavy (non-hydrogen) atoms. The molecule has 1 saturated carbocycles. The van der Waals surface area contributed by atoms with Crippen molar-refractivity contribution in [1.29, 1.82) is 5.26 Å². The zero-order valence-corrected chi connectivity index (χ0v) is 8.45. The number of anilines is 1. The van der Waals surface area contributed by atoms with Gasteiger partial charge in [0.1, 0.15) is 22.7 Å². The number of carbonyl (C=O) groups is 1. The molecule has 0 aromatic carbocycles. The van der Waals surface area contributed by atoms with Gasteiger partial charge in [0, 0.05) is 6.07 Å². The molecule has 2 rings (SSSR count). The third kappa shape index (κ3) is 1.90. The van der Waals surface area contributed by atoms with E-state index in [9.17, 15) is 4.79 Å². The monoisotopic (exact) mass is 222 g/mol. The van der Waals surface area contributed by atoms with Gasteiger partial charge in [-0.1, -0.05) is 11.6 Å². The van der Waals surface area contributed by atoms with Gasteiger partial charge in [0.2, 0.25) is 5.91 Å². The van der Waals surface area contributed by atoms with Crippen LogP contribution in [0.1, 0.15) is 12.8 Å². The Balaban J connectivity index is 2.10. The maximum Gasteiger partial charge on any atom is 0.246 e. The van der Waals surface area contributed by atoms with Crippen LogP contribution in [-0.4, -0.2) is 15.9 Å². The van der Waals surface area contributed by atoms with Crippen molar-refractivity contribution in [1.82, 2.24) is 9.97 Å². The van der Waals surface area contributed by atoms with E-state index in [0.29, 0.717) is 18.7 Å². The van der Waals surface area contributed by atoms with Gasteiger partial charge in [0.15, 0.2) is 0 Å². The Morgan fingerprint density at radius 1 is 1.60 bits per heavy atom. The number of amides is 1. The summed E-state index contributed by atoms with van der Waals surface area (Å²) >= 11 is 5.62. The fourth-order valence-corrected chi connectivity index (χ4v) is 1.30. The first kappa shape index (κ1) is 9.87. The summed E-state index contributed by atoms with van der Waals surface area (Å²) in [4.78, 5) is 19.1. The van der Waals surface area contributed by atoms with Crippen molar-refractivity contribution in [3.05, 3.63) is 17.5 Å². The van der Waals surface area contributed by atoms with Crippen LogP contribution in [0.3, 0.4) is 0 Å². The van der Waals surface area contributed by atoms with Gasteiger partial charge < -0.3 is 5.32 Å². The molecule has 0 unspecified atom stereocenters. The standard InChI is InChI=1S/C9H7ClN4O/c10-6-3-7(13-5-12-6)14-8(15)9(4-11)1-2-9/h3,5H,1-2H2,(H,12,13,14,15). The molecule has 1 aliphatic carbocycles. The van der Waals surface area contributed by atoms with E-state index >= 15 is 0 Å². The fraction of sp³-hybridized carbons (Fsp3) is 0.333. The number of aromatic nitrogens is 2. The van der Waals surface area contributed by atoms with Crippen LogP contribution >= 0.6 is 11.6 Å². The van der Waals surface area contributed by atoms with Crippen molar-refractivity contribution in [3.8, 4) is 6.07 Å². The minimum Gasteiger partial charge on any atom is -0.309 e. The molecular weight excluding hydrogens is 216 g/mol. The smallest absolute Gasteiger partial charge is 0.246 e. The number of nitriles is 1. The van der Waals surface area contributed by atoms with E-state index in [4.69, 9.17) is 16.9 Å². The fourth-order valence-electron chi connectivity index (χ4n) is 1.15. The predicted molar refractivity (Wildman–Crippen MR) is 53.0 cm³/mol. The molecule has 0 aliphatic heterocycles. The minimum atomic E-state index is -0.850. The van der Waals surface area contributed by atoms with Crippen LogP contribution in [0.4, 0.5) is 5.82 Å². The number of nitrogens with zero attached hydrogens (tertiary/aromatic N) is 3. The molecule has 0 saturated heterocycles. The van der Waals surface area contributed by atoms with Gasteiger partial charge in [-0.2, -0.15) is 5.26 Å². The second-order valence-corrected chi connectivity index (χ2v) is 3.76. The van der Waals surface area contributed by atoms with Crippen molar-refractivity contribution in [3.63, 3.8) is 0 Å². The summed E-state index contributed by atoms with van der Waals surface area (Å²) in [6.07, 6.45) is 2.46. The topological polar surface area (TPSA) is 78.7 Å². The molecule has 6 heteroatoms. The third-order valence-electron chi connectivity index (χ3n) is 2.27. The summed E-state index contributed by atoms with van der Waals surface area (Å²) in [5.41, 5.74) is -0.850. The van der Waals surface area contributed by atoms with Crippen molar-refractivity contribution >= 4 is 23.3 Å². The van der Waals surface area contributed by atoms with E-state index in [-0.39, 0.29) is 11.1 Å². The molecular formula is C9H7ClN4O. The van der Waals surface area contributed by atoms with Crippen molar-refractivity contribution in [2.45, 2.75) is 12.8 Å². The second-order valence-electron chi connectivity index (χ2n) is 3.37. The lowest BCUT2D eigenvalue weighted by Gasteiger charge is -2.06. The summed E-state index contributed by atoms with van der Waals surface area (Å²) in [7, 11) is 0. The van der Waals surface area contributed by atoms with E-state index in [2.05, 4.69) is 15.3 Å². The van der Waals surface area contributed by atoms with Crippen molar-refractivity contribution in [2.75, 3.05) is 5.32 Å². The normalized spacial score (nSPS) is 16.5. The lowest BCUT2D eigenvalue weighted by molar-refractivity contribution is -0.119. The predicted octanol–water partition coefficient (Wildman–Crippen LogP) is 1.37. The van der Waals surface area contributed by atoms with Gasteiger partial charge in [-0.25, -0.2) is 9.97 Å². The molecule has 0 atom stereocenters. The molecule has 1 aliphatic rings. The highest BCUT2D eigenvalue weighted by Gasteiger charge is 2.50. The minimum absolute atomic E-state index is 0.252. The average molecular weight is 223 g/mol. The van der Waals surface area contributed by atoms with E-state index in [1.165, 1.54) is 12.4 Å². The Bertz CT molecular complexity index is 450. The average Bonchev–Trinajstić information content (AvgIpc) is 2.98. The number of carbonyl (C=O) groups excluding carboxylic acids is 1. The van der Waals surface area contributed by atoms with Crippen LogP contribution in [0.25, 0.3) is 0 Å². The summed E-state index contributed by atoms with van der Waals surface area (Å²) in [6, 6.07) is 3.44. The van der Waals surface area contributed by atoms with E-state index in [1.807, 2.05) is 6.07 Å². The maximum atomic E-state index is 11.6. The molecule has 1 amide bonds. The summed E-state index contributed by atoms with van der Waals surface area (Å²) in [6.45, 7) is 0. The maximum absolute atomic E-state index is 11.6. The molecule has 0 bridgehead atoms. The van der Waals surface area contributed by atoms with Gasteiger partial charge in [-0.3, -0.25) is 4.79 Å². The molecule has 1 heterocycles. The molecule has 76 valence electrons. The van der Waals surface area contributed by atoms with Gasteiger partial charge in [0.05, 0.1) is 6.07 Å². The van der Waals surface area contributed by atoms with Crippen LogP contribution in [0.2, 0.25) is 5.15 Å². The molecule has 1 aromatic heterocycles. The quantitative estimate of drug-likeness (QED) is 0.767. The summed E-state index contributed by atoms with van der Waals surface area (Å²) in [5, 5.41) is 11.6. The van der Waals surface area contributed by atoms with Gasteiger partial charge in [0.25, 0.3) is 0 Å². The molecule has 1 N–H and O–H groups in total. The van der Waals surface area contributed by atoms with Crippen LogP contribution in [-0.2, 0) is 4.79 Å². The number of hydrogen-bond donors (Lipinski definition) is 1. The van der Waals surface area contributed by atoms with Crippen LogP contribution in [0.5, 0.6) is 0 Å². The molecule has 0 spiro atoms. The number of rotatable bonds is 2. The second kappa shape index (κ2) is 3.48.